The summed E-state index contributed by atoms with van der Waals surface area (Å²) >= 11 is 0. The molecule has 0 saturated carbocycles. The molecule has 5 heterocycles. The van der Waals surface area contributed by atoms with Gasteiger partial charge in [-0.3, -0.25) is 4.68 Å². The van der Waals surface area contributed by atoms with Crippen molar-refractivity contribution < 1.29 is 9.90 Å². The molecule has 10 nitrogen and oxygen atoms in total. The minimum absolute atomic E-state index is 0.451. The van der Waals surface area contributed by atoms with Crippen LogP contribution in [0.5, 0.6) is 0 Å². The molecule has 1 amide bonds. The van der Waals surface area contributed by atoms with Crippen LogP contribution < -0.4 is 4.90 Å². The molecular weight excluding hydrogens is 420 g/mol. The Morgan fingerprint density at radius 3 is 2.52 bits per heavy atom. The quantitative estimate of drug-likeness (QED) is 0.519. The Kier molecular flexibility index (Phi) is 4.94. The SMILES string of the molecule is Cc1cc(-c2cc(-c3ccc(N4CCN(C(=O)O)CC4)nc3)c3c(C#N)cnn3c2)nn1C. The highest BCUT2D eigenvalue weighted by atomic mass is 16.4. The van der Waals surface area contributed by atoms with Crippen LogP contribution in [-0.2, 0) is 7.05 Å². The average molecular weight is 442 g/mol. The average Bonchev–Trinajstić information content (AvgIpc) is 3.41. The second-order valence-corrected chi connectivity index (χ2v) is 8.06. The lowest BCUT2D eigenvalue weighted by atomic mass is 10.0. The summed E-state index contributed by atoms with van der Waals surface area (Å²) in [6, 6.07) is 10.2. The molecule has 0 bridgehead atoms. The van der Waals surface area contributed by atoms with E-state index in [0.29, 0.717) is 31.7 Å². The first kappa shape index (κ1) is 20.5. The van der Waals surface area contributed by atoms with Crippen molar-refractivity contribution in [1.82, 2.24) is 29.3 Å². The number of nitriles is 1. The zero-order valence-corrected chi connectivity index (χ0v) is 18.3. The molecule has 0 radical (unpaired) electrons. The summed E-state index contributed by atoms with van der Waals surface area (Å²) in [5.74, 6) is 0.797. The Bertz CT molecular complexity index is 1370. The van der Waals surface area contributed by atoms with E-state index in [2.05, 4.69) is 26.2 Å². The maximum Gasteiger partial charge on any atom is 0.407 e. The molecule has 0 unspecified atom stereocenters. The van der Waals surface area contributed by atoms with E-state index in [1.54, 1.807) is 16.9 Å². The van der Waals surface area contributed by atoms with E-state index in [-0.39, 0.29) is 0 Å². The smallest absolute Gasteiger partial charge is 0.407 e. The number of hydrogen-bond acceptors (Lipinski definition) is 6. The Morgan fingerprint density at radius 2 is 1.91 bits per heavy atom. The van der Waals surface area contributed by atoms with E-state index >= 15 is 0 Å². The van der Waals surface area contributed by atoms with Gasteiger partial charge in [0.25, 0.3) is 0 Å². The van der Waals surface area contributed by atoms with Crippen LogP contribution in [0.2, 0.25) is 0 Å². The Balaban J connectivity index is 1.53. The van der Waals surface area contributed by atoms with Gasteiger partial charge in [-0.25, -0.2) is 14.3 Å². The number of amides is 1. The lowest BCUT2D eigenvalue weighted by Crippen LogP contribution is -2.48. The first-order chi connectivity index (χ1) is 15.9. The van der Waals surface area contributed by atoms with Gasteiger partial charge in [0, 0.05) is 68.0 Å². The third-order valence-corrected chi connectivity index (χ3v) is 6.07. The summed E-state index contributed by atoms with van der Waals surface area (Å²) in [6.07, 6.45) is 4.34. The highest BCUT2D eigenvalue weighted by Gasteiger charge is 2.21. The molecule has 10 heteroatoms. The largest absolute Gasteiger partial charge is 0.465 e. The second-order valence-electron chi connectivity index (χ2n) is 8.06. The molecule has 4 aromatic heterocycles. The molecule has 1 fully saturated rings. The van der Waals surface area contributed by atoms with Crippen LogP contribution in [0.15, 0.2) is 42.9 Å². The van der Waals surface area contributed by atoms with Crippen LogP contribution in [0.4, 0.5) is 10.6 Å². The van der Waals surface area contributed by atoms with Crippen molar-refractivity contribution in [2.45, 2.75) is 6.92 Å². The Morgan fingerprint density at radius 1 is 1.12 bits per heavy atom. The maximum atomic E-state index is 11.1. The van der Waals surface area contributed by atoms with Gasteiger partial charge >= 0.3 is 6.09 Å². The monoisotopic (exact) mass is 442 g/mol. The molecule has 1 aliphatic heterocycles. The number of rotatable bonds is 3. The van der Waals surface area contributed by atoms with Crippen LogP contribution in [0.25, 0.3) is 27.9 Å². The van der Waals surface area contributed by atoms with Gasteiger partial charge < -0.3 is 14.9 Å². The summed E-state index contributed by atoms with van der Waals surface area (Å²) in [7, 11) is 1.90. The number of aryl methyl sites for hydroxylation is 2. The molecule has 0 aromatic carbocycles. The van der Waals surface area contributed by atoms with Crippen LogP contribution in [-0.4, -0.2) is 66.7 Å². The van der Waals surface area contributed by atoms with E-state index in [4.69, 9.17) is 5.11 Å². The van der Waals surface area contributed by atoms with Gasteiger partial charge in [-0.2, -0.15) is 15.5 Å². The van der Waals surface area contributed by atoms with Gasteiger partial charge in [0.2, 0.25) is 0 Å². The summed E-state index contributed by atoms with van der Waals surface area (Å²) in [4.78, 5) is 19.3. The van der Waals surface area contributed by atoms with Crippen molar-refractivity contribution in [3.8, 4) is 28.5 Å². The van der Waals surface area contributed by atoms with E-state index in [9.17, 15) is 10.1 Å². The fourth-order valence-electron chi connectivity index (χ4n) is 4.12. The highest BCUT2D eigenvalue weighted by molar-refractivity contribution is 5.87. The fourth-order valence-corrected chi connectivity index (χ4v) is 4.12. The normalized spacial score (nSPS) is 14.0. The number of hydrogen-bond donors (Lipinski definition) is 1. The molecule has 1 aliphatic rings. The molecule has 166 valence electrons. The third-order valence-electron chi connectivity index (χ3n) is 6.07. The summed E-state index contributed by atoms with van der Waals surface area (Å²) in [6.45, 7) is 4.09. The molecule has 0 aliphatic carbocycles. The molecule has 4 aromatic rings. The highest BCUT2D eigenvalue weighted by Crippen LogP contribution is 2.32. The number of anilines is 1. The molecule has 33 heavy (non-hydrogen) atoms. The molecule has 0 spiro atoms. The minimum atomic E-state index is -0.890. The number of carboxylic acid groups (broad SMARTS) is 1. The number of piperazine rings is 1. The predicted octanol–water partition coefficient (Wildman–Crippen LogP) is 2.78. The number of aromatic nitrogens is 5. The topological polar surface area (TPSA) is 116 Å². The number of fused-ring (bicyclic) bond motifs is 1. The van der Waals surface area contributed by atoms with E-state index in [0.717, 1.165) is 39.4 Å². The van der Waals surface area contributed by atoms with Gasteiger partial charge in [0.05, 0.1) is 23.0 Å². The van der Waals surface area contributed by atoms with Crippen molar-refractivity contribution in [3.05, 3.63) is 54.1 Å². The van der Waals surface area contributed by atoms with E-state index < -0.39 is 6.09 Å². The zero-order valence-electron chi connectivity index (χ0n) is 18.3. The zero-order chi connectivity index (χ0) is 23.1. The lowest BCUT2D eigenvalue weighted by Gasteiger charge is -2.33. The summed E-state index contributed by atoms with van der Waals surface area (Å²) in [5.41, 5.74) is 5.68. The third kappa shape index (κ3) is 3.63. The number of carbonyl (C=O) groups is 1. The Hall–Kier alpha value is -4.39. The molecular formula is C23H22N8O2. The van der Waals surface area contributed by atoms with Gasteiger partial charge in [-0.1, -0.05) is 0 Å². The standard InChI is InChI=1S/C23H22N8O2/c1-15-9-20(27-28(15)2)17-10-19(22-18(11-24)13-26-31(22)14-17)16-3-4-21(25-12-16)29-5-7-30(8-6-29)23(32)33/h3-4,9-10,12-14H,5-8H2,1-2H3,(H,32,33). The lowest BCUT2D eigenvalue weighted by molar-refractivity contribution is 0.142. The first-order valence-electron chi connectivity index (χ1n) is 10.6. The van der Waals surface area contributed by atoms with Crippen molar-refractivity contribution in [2.24, 2.45) is 7.05 Å². The van der Waals surface area contributed by atoms with Crippen molar-refractivity contribution in [2.75, 3.05) is 31.1 Å². The second kappa shape index (κ2) is 7.94. The van der Waals surface area contributed by atoms with Crippen molar-refractivity contribution in [1.29, 1.82) is 5.26 Å². The predicted molar refractivity (Wildman–Crippen MR) is 122 cm³/mol. The minimum Gasteiger partial charge on any atom is -0.465 e. The van der Waals surface area contributed by atoms with Crippen LogP contribution >= 0.6 is 0 Å². The summed E-state index contributed by atoms with van der Waals surface area (Å²) in [5, 5.41) is 27.7. The first-order valence-corrected chi connectivity index (χ1v) is 10.6. The number of nitrogens with zero attached hydrogens (tertiary/aromatic N) is 8. The van der Waals surface area contributed by atoms with E-state index in [1.165, 1.54) is 4.90 Å². The van der Waals surface area contributed by atoms with Gasteiger partial charge in [-0.15, -0.1) is 0 Å². The molecule has 5 rings (SSSR count). The molecule has 1 saturated heterocycles. The maximum absolute atomic E-state index is 11.1. The molecule has 1 N–H and O–H groups in total. The van der Waals surface area contributed by atoms with Crippen LogP contribution in [0.1, 0.15) is 11.3 Å². The van der Waals surface area contributed by atoms with Crippen molar-refractivity contribution >= 4 is 17.4 Å². The van der Waals surface area contributed by atoms with Gasteiger partial charge in [0.15, 0.2) is 0 Å². The van der Waals surface area contributed by atoms with Crippen LogP contribution in [0, 0.1) is 18.3 Å². The van der Waals surface area contributed by atoms with Gasteiger partial charge in [-0.05, 0) is 31.2 Å². The van der Waals surface area contributed by atoms with Crippen LogP contribution in [0.3, 0.4) is 0 Å². The summed E-state index contributed by atoms with van der Waals surface area (Å²) < 4.78 is 3.54. The fraction of sp³-hybridized carbons (Fsp3) is 0.261. The Labute approximate surface area is 189 Å². The van der Waals surface area contributed by atoms with E-state index in [1.807, 2.05) is 49.1 Å². The number of pyridine rings is 2. The van der Waals surface area contributed by atoms with Crippen molar-refractivity contribution in [3.63, 3.8) is 0 Å². The molecule has 0 atom stereocenters. The van der Waals surface area contributed by atoms with Gasteiger partial charge in [0.1, 0.15) is 11.9 Å².